The predicted octanol–water partition coefficient (Wildman–Crippen LogP) is 0.604. The summed E-state index contributed by atoms with van der Waals surface area (Å²) in [6, 6.07) is 0. The molecule has 1 aliphatic rings. The monoisotopic (exact) mass is 187 g/mol. The van der Waals surface area contributed by atoms with Gasteiger partial charge in [-0.2, -0.15) is 0 Å². The zero-order valence-corrected chi connectivity index (χ0v) is 8.88. The molecule has 0 saturated carbocycles. The quantitative estimate of drug-likeness (QED) is 0.680. The fourth-order valence-electron chi connectivity index (χ4n) is 1.66. The van der Waals surface area contributed by atoms with Crippen molar-refractivity contribution >= 4 is 0 Å². The topological polar surface area (TPSA) is 43.7 Å². The highest BCUT2D eigenvalue weighted by Crippen LogP contribution is 2.21. The molecule has 1 rings (SSSR count). The molecule has 13 heavy (non-hydrogen) atoms. The van der Waals surface area contributed by atoms with E-state index in [0.29, 0.717) is 0 Å². The molecule has 0 aromatic rings. The zero-order chi connectivity index (χ0) is 10.1. The Hall–Kier alpha value is -0.120. The molecule has 0 aliphatic carbocycles. The first-order valence-electron chi connectivity index (χ1n) is 4.96. The van der Waals surface area contributed by atoms with Gasteiger partial charge in [-0.15, -0.1) is 0 Å². The fourth-order valence-corrected chi connectivity index (χ4v) is 1.66. The van der Waals surface area contributed by atoms with Crippen molar-refractivity contribution in [1.82, 2.24) is 4.90 Å². The number of nitrogens with zero attached hydrogens (tertiary/aromatic N) is 1. The van der Waals surface area contributed by atoms with Gasteiger partial charge in [0.15, 0.2) is 0 Å². The van der Waals surface area contributed by atoms with E-state index in [1.54, 1.807) is 0 Å². The molecule has 78 valence electrons. The first kappa shape index (κ1) is 11.0. The molecule has 0 aromatic heterocycles. The molecule has 3 nitrogen and oxygen atoms in total. The van der Waals surface area contributed by atoms with Crippen LogP contribution in [0.2, 0.25) is 0 Å². The molecule has 1 fully saturated rings. The van der Waals surface area contributed by atoms with E-state index in [2.05, 4.69) is 4.90 Å². The number of rotatable bonds is 3. The van der Waals surface area contributed by atoms with Crippen LogP contribution in [0, 0.1) is 0 Å². The molecule has 1 unspecified atom stereocenters. The maximum Gasteiger partial charge on any atom is 0.0758 e. The van der Waals surface area contributed by atoms with E-state index < -0.39 is 11.2 Å². The van der Waals surface area contributed by atoms with Crippen molar-refractivity contribution in [3.8, 4) is 0 Å². The van der Waals surface area contributed by atoms with Crippen molar-refractivity contribution in [2.45, 2.75) is 44.8 Å². The Labute approximate surface area is 80.4 Å². The third-order valence-electron chi connectivity index (χ3n) is 2.57. The number of aliphatic hydroxyl groups is 2. The minimum absolute atomic E-state index is 0.514. The highest BCUT2D eigenvalue weighted by atomic mass is 16.3. The van der Waals surface area contributed by atoms with E-state index in [0.717, 1.165) is 32.5 Å². The van der Waals surface area contributed by atoms with Gasteiger partial charge in [0.1, 0.15) is 0 Å². The van der Waals surface area contributed by atoms with Crippen LogP contribution in [-0.2, 0) is 0 Å². The minimum Gasteiger partial charge on any atom is -0.390 e. The van der Waals surface area contributed by atoms with Gasteiger partial charge in [-0.3, -0.25) is 0 Å². The van der Waals surface area contributed by atoms with Crippen LogP contribution in [0.3, 0.4) is 0 Å². The maximum absolute atomic E-state index is 9.69. The SMILES string of the molecule is CC(C)(O)CCN1CCC(C)(O)C1. The van der Waals surface area contributed by atoms with E-state index in [1.807, 2.05) is 20.8 Å². The van der Waals surface area contributed by atoms with Gasteiger partial charge in [0.25, 0.3) is 0 Å². The van der Waals surface area contributed by atoms with Gasteiger partial charge in [-0.25, -0.2) is 0 Å². The molecule has 2 N–H and O–H groups in total. The lowest BCUT2D eigenvalue weighted by atomic mass is 10.1. The van der Waals surface area contributed by atoms with Crippen LogP contribution in [0.5, 0.6) is 0 Å². The highest BCUT2D eigenvalue weighted by molar-refractivity contribution is 4.86. The van der Waals surface area contributed by atoms with Crippen molar-refractivity contribution in [3.05, 3.63) is 0 Å². The van der Waals surface area contributed by atoms with E-state index in [4.69, 9.17) is 0 Å². The summed E-state index contributed by atoms with van der Waals surface area (Å²) in [6.07, 6.45) is 1.61. The van der Waals surface area contributed by atoms with Gasteiger partial charge in [0.2, 0.25) is 0 Å². The van der Waals surface area contributed by atoms with Crippen molar-refractivity contribution in [3.63, 3.8) is 0 Å². The normalized spacial score (nSPS) is 31.2. The third kappa shape index (κ3) is 4.07. The van der Waals surface area contributed by atoms with E-state index in [9.17, 15) is 10.2 Å². The molecular weight excluding hydrogens is 166 g/mol. The largest absolute Gasteiger partial charge is 0.390 e. The van der Waals surface area contributed by atoms with E-state index >= 15 is 0 Å². The maximum atomic E-state index is 9.69. The summed E-state index contributed by atoms with van der Waals surface area (Å²) >= 11 is 0. The van der Waals surface area contributed by atoms with Crippen LogP contribution in [0.4, 0.5) is 0 Å². The summed E-state index contributed by atoms with van der Waals surface area (Å²) in [6.45, 7) is 8.07. The Morgan fingerprint density at radius 1 is 1.46 bits per heavy atom. The lowest BCUT2D eigenvalue weighted by molar-refractivity contribution is 0.0469. The molecule has 1 atom stereocenters. The molecule has 0 aromatic carbocycles. The lowest BCUT2D eigenvalue weighted by Crippen LogP contribution is -2.33. The molecule has 0 spiro atoms. The number of likely N-dealkylation sites (tertiary alicyclic amines) is 1. The van der Waals surface area contributed by atoms with E-state index in [-0.39, 0.29) is 0 Å². The highest BCUT2D eigenvalue weighted by Gasteiger charge is 2.31. The van der Waals surface area contributed by atoms with Gasteiger partial charge in [-0.05, 0) is 33.6 Å². The Morgan fingerprint density at radius 3 is 2.46 bits per heavy atom. The predicted molar refractivity (Wildman–Crippen MR) is 52.6 cm³/mol. The molecular formula is C10H21NO2. The lowest BCUT2D eigenvalue weighted by Gasteiger charge is -2.23. The minimum atomic E-state index is -0.589. The average molecular weight is 187 g/mol. The number of hydrogen-bond acceptors (Lipinski definition) is 3. The van der Waals surface area contributed by atoms with Crippen LogP contribution in [-0.4, -0.2) is 45.9 Å². The van der Waals surface area contributed by atoms with Crippen molar-refractivity contribution in [2.75, 3.05) is 19.6 Å². The molecule has 0 radical (unpaired) electrons. The Balaban J connectivity index is 2.25. The summed E-state index contributed by atoms with van der Waals surface area (Å²) in [7, 11) is 0. The van der Waals surface area contributed by atoms with Gasteiger partial charge in [0.05, 0.1) is 11.2 Å². The smallest absolute Gasteiger partial charge is 0.0758 e. The van der Waals surface area contributed by atoms with Crippen molar-refractivity contribution in [2.24, 2.45) is 0 Å². The van der Waals surface area contributed by atoms with Crippen LogP contribution in [0.1, 0.15) is 33.6 Å². The molecule has 0 amide bonds. The molecule has 1 heterocycles. The van der Waals surface area contributed by atoms with Crippen LogP contribution < -0.4 is 0 Å². The van der Waals surface area contributed by atoms with Crippen LogP contribution in [0.25, 0.3) is 0 Å². The second-order valence-corrected chi connectivity index (χ2v) is 5.09. The second kappa shape index (κ2) is 3.56. The van der Waals surface area contributed by atoms with Crippen LogP contribution >= 0.6 is 0 Å². The van der Waals surface area contributed by atoms with Gasteiger partial charge in [0, 0.05) is 19.6 Å². The molecule has 3 heteroatoms. The molecule has 0 bridgehead atoms. The second-order valence-electron chi connectivity index (χ2n) is 5.09. The first-order chi connectivity index (χ1) is 5.79. The third-order valence-corrected chi connectivity index (χ3v) is 2.57. The van der Waals surface area contributed by atoms with Crippen molar-refractivity contribution in [1.29, 1.82) is 0 Å². The van der Waals surface area contributed by atoms with Gasteiger partial charge in [-0.1, -0.05) is 0 Å². The first-order valence-corrected chi connectivity index (χ1v) is 4.96. The number of β-amino-alcohol motifs (C(OH)–C–C–N with tert-alkyl or cyclic N) is 1. The summed E-state index contributed by atoms with van der Waals surface area (Å²) in [4.78, 5) is 2.21. The molecule has 1 aliphatic heterocycles. The van der Waals surface area contributed by atoms with Gasteiger partial charge < -0.3 is 15.1 Å². The van der Waals surface area contributed by atoms with E-state index in [1.165, 1.54) is 0 Å². The fraction of sp³-hybridized carbons (Fsp3) is 1.00. The summed E-state index contributed by atoms with van der Waals surface area (Å²) in [5, 5.41) is 19.2. The number of hydrogen-bond donors (Lipinski definition) is 2. The Morgan fingerprint density at radius 2 is 2.08 bits per heavy atom. The standard InChI is InChI=1S/C10H21NO2/c1-9(2,12)4-6-11-7-5-10(3,13)8-11/h12-13H,4-8H2,1-3H3. The Bertz CT molecular complexity index is 172. The Kier molecular flexibility index (Phi) is 3.00. The summed E-state index contributed by atoms with van der Waals surface area (Å²) < 4.78 is 0. The molecule has 1 saturated heterocycles. The van der Waals surface area contributed by atoms with Crippen LogP contribution in [0.15, 0.2) is 0 Å². The summed E-state index contributed by atoms with van der Waals surface area (Å²) in [5.41, 5.74) is -1.10. The van der Waals surface area contributed by atoms with Gasteiger partial charge >= 0.3 is 0 Å². The summed E-state index contributed by atoms with van der Waals surface area (Å²) in [5.74, 6) is 0. The van der Waals surface area contributed by atoms with Crippen molar-refractivity contribution < 1.29 is 10.2 Å². The zero-order valence-electron chi connectivity index (χ0n) is 8.88. The average Bonchev–Trinajstić information content (AvgIpc) is 2.24.